The van der Waals surface area contributed by atoms with E-state index in [-0.39, 0.29) is 11.4 Å². The molecular formula is C14H20N2O3S. The fourth-order valence-corrected chi connectivity index (χ4v) is 4.35. The number of furan rings is 1. The van der Waals surface area contributed by atoms with Crippen LogP contribution in [0.1, 0.15) is 17.0 Å². The molecule has 1 aromatic rings. The molecule has 2 aliphatic rings. The van der Waals surface area contributed by atoms with Crippen molar-refractivity contribution >= 4 is 17.7 Å². The van der Waals surface area contributed by atoms with Crippen molar-refractivity contribution in [3.8, 4) is 0 Å². The Kier molecular flexibility index (Phi) is 4.33. The zero-order valence-corrected chi connectivity index (χ0v) is 12.3. The number of thioether (sulfide) groups is 1. The van der Waals surface area contributed by atoms with Crippen molar-refractivity contribution in [3.05, 3.63) is 24.2 Å². The van der Waals surface area contributed by atoms with E-state index in [0.29, 0.717) is 12.3 Å². The van der Waals surface area contributed by atoms with Crippen molar-refractivity contribution in [1.82, 2.24) is 10.2 Å². The number of nitrogens with one attached hydrogen (secondary N) is 1. The first-order valence-electron chi connectivity index (χ1n) is 7.02. The Labute approximate surface area is 123 Å². The normalized spacial score (nSPS) is 27.6. The molecular weight excluding hydrogens is 276 g/mol. The van der Waals surface area contributed by atoms with Crippen LogP contribution in [0.15, 0.2) is 22.8 Å². The number of hydrogen-bond acceptors (Lipinski definition) is 5. The molecule has 20 heavy (non-hydrogen) atoms. The fourth-order valence-electron chi connectivity index (χ4n) is 2.87. The maximum absolute atomic E-state index is 12.0. The predicted octanol–water partition coefficient (Wildman–Crippen LogP) is 1.22. The largest absolute Gasteiger partial charge is 0.459 e. The molecule has 0 aromatic carbocycles. The van der Waals surface area contributed by atoms with Crippen LogP contribution in [0.3, 0.4) is 0 Å². The minimum absolute atomic E-state index is 0.0801. The standard InChI is InChI=1S/C14H20N2O3S/c17-13(12-2-1-6-19-12)15-10-14(3-9-20-11-14)16-4-7-18-8-5-16/h1-2,6H,3-5,7-11H2,(H,15,17)/t14-/m1/s1. The summed E-state index contributed by atoms with van der Waals surface area (Å²) in [6, 6.07) is 3.43. The molecule has 0 spiro atoms. The lowest BCUT2D eigenvalue weighted by Crippen LogP contribution is -2.59. The van der Waals surface area contributed by atoms with E-state index >= 15 is 0 Å². The summed E-state index contributed by atoms with van der Waals surface area (Å²) in [5.41, 5.74) is 0.0801. The second-order valence-electron chi connectivity index (χ2n) is 5.29. The highest BCUT2D eigenvalue weighted by molar-refractivity contribution is 7.99. The highest BCUT2D eigenvalue weighted by Crippen LogP contribution is 2.33. The summed E-state index contributed by atoms with van der Waals surface area (Å²) in [7, 11) is 0. The maximum atomic E-state index is 12.0. The first-order valence-corrected chi connectivity index (χ1v) is 8.18. The quantitative estimate of drug-likeness (QED) is 0.905. The second-order valence-corrected chi connectivity index (χ2v) is 6.39. The highest BCUT2D eigenvalue weighted by Gasteiger charge is 2.40. The van der Waals surface area contributed by atoms with Gasteiger partial charge in [0.25, 0.3) is 5.91 Å². The maximum Gasteiger partial charge on any atom is 0.287 e. The van der Waals surface area contributed by atoms with E-state index in [0.717, 1.165) is 44.2 Å². The SMILES string of the molecule is O=C(NC[C@]1(N2CCOCC2)CCSC1)c1ccco1. The molecule has 2 fully saturated rings. The van der Waals surface area contributed by atoms with E-state index in [2.05, 4.69) is 10.2 Å². The molecule has 0 saturated carbocycles. The van der Waals surface area contributed by atoms with Crippen molar-refractivity contribution in [2.75, 3.05) is 44.4 Å². The lowest BCUT2D eigenvalue weighted by Gasteiger charge is -2.42. The van der Waals surface area contributed by atoms with Gasteiger partial charge >= 0.3 is 0 Å². The Morgan fingerprint density at radius 1 is 1.45 bits per heavy atom. The number of nitrogens with zero attached hydrogens (tertiary/aromatic N) is 1. The van der Waals surface area contributed by atoms with E-state index in [4.69, 9.17) is 9.15 Å². The molecule has 0 unspecified atom stereocenters. The third-order valence-corrected chi connectivity index (χ3v) is 5.32. The predicted molar refractivity (Wildman–Crippen MR) is 78.1 cm³/mol. The molecule has 3 rings (SSSR count). The van der Waals surface area contributed by atoms with Gasteiger partial charge in [0.15, 0.2) is 5.76 Å². The molecule has 110 valence electrons. The van der Waals surface area contributed by atoms with Gasteiger partial charge in [-0.1, -0.05) is 0 Å². The highest BCUT2D eigenvalue weighted by atomic mass is 32.2. The molecule has 1 N–H and O–H groups in total. The molecule has 3 heterocycles. The van der Waals surface area contributed by atoms with Crippen LogP contribution < -0.4 is 5.32 Å². The molecule has 0 bridgehead atoms. The van der Waals surface area contributed by atoms with E-state index in [1.54, 1.807) is 12.1 Å². The van der Waals surface area contributed by atoms with Crippen LogP contribution in [0.2, 0.25) is 0 Å². The van der Waals surface area contributed by atoms with Crippen LogP contribution in [-0.4, -0.2) is 60.7 Å². The van der Waals surface area contributed by atoms with Gasteiger partial charge in [0.05, 0.1) is 19.5 Å². The van der Waals surface area contributed by atoms with Crippen LogP contribution in [0.25, 0.3) is 0 Å². The number of rotatable bonds is 4. The summed E-state index contributed by atoms with van der Waals surface area (Å²) in [6.07, 6.45) is 2.65. The number of amides is 1. The summed E-state index contributed by atoms with van der Waals surface area (Å²) in [5.74, 6) is 2.49. The van der Waals surface area contributed by atoms with Gasteiger partial charge in [-0.25, -0.2) is 0 Å². The topological polar surface area (TPSA) is 54.7 Å². The second kappa shape index (κ2) is 6.20. The third-order valence-electron chi connectivity index (χ3n) is 4.09. The third kappa shape index (κ3) is 2.87. The van der Waals surface area contributed by atoms with Crippen molar-refractivity contribution in [1.29, 1.82) is 0 Å². The lowest BCUT2D eigenvalue weighted by atomic mass is 9.95. The van der Waals surface area contributed by atoms with Crippen LogP contribution in [0, 0.1) is 0 Å². The van der Waals surface area contributed by atoms with Crippen LogP contribution in [-0.2, 0) is 4.74 Å². The summed E-state index contributed by atoms with van der Waals surface area (Å²) >= 11 is 1.97. The van der Waals surface area contributed by atoms with E-state index in [9.17, 15) is 4.79 Å². The van der Waals surface area contributed by atoms with Gasteiger partial charge in [0.1, 0.15) is 0 Å². The summed E-state index contributed by atoms with van der Waals surface area (Å²) in [5, 5.41) is 3.04. The molecule has 1 atom stereocenters. The minimum Gasteiger partial charge on any atom is -0.459 e. The van der Waals surface area contributed by atoms with Crippen LogP contribution >= 0.6 is 11.8 Å². The zero-order chi connectivity index (χ0) is 13.8. The molecule has 6 heteroatoms. The smallest absolute Gasteiger partial charge is 0.287 e. The van der Waals surface area contributed by atoms with Crippen LogP contribution in [0.5, 0.6) is 0 Å². The van der Waals surface area contributed by atoms with Crippen molar-refractivity contribution < 1.29 is 13.9 Å². The number of hydrogen-bond donors (Lipinski definition) is 1. The van der Waals surface area contributed by atoms with Gasteiger partial charge in [0.2, 0.25) is 0 Å². The average molecular weight is 296 g/mol. The monoisotopic (exact) mass is 296 g/mol. The van der Waals surface area contributed by atoms with Gasteiger partial charge in [-0.05, 0) is 24.3 Å². The van der Waals surface area contributed by atoms with Crippen molar-refractivity contribution in [2.45, 2.75) is 12.0 Å². The van der Waals surface area contributed by atoms with Gasteiger partial charge in [-0.3, -0.25) is 9.69 Å². The molecule has 0 aliphatic carbocycles. The average Bonchev–Trinajstić information content (AvgIpc) is 3.18. The molecule has 1 amide bonds. The first kappa shape index (κ1) is 14.0. The number of morpholine rings is 1. The van der Waals surface area contributed by atoms with E-state index in [1.165, 1.54) is 6.26 Å². The summed E-state index contributed by atoms with van der Waals surface area (Å²) < 4.78 is 10.6. The number of ether oxygens (including phenoxy) is 1. The minimum atomic E-state index is -0.125. The molecule has 2 saturated heterocycles. The zero-order valence-electron chi connectivity index (χ0n) is 11.5. The first-order chi connectivity index (χ1) is 9.80. The summed E-state index contributed by atoms with van der Waals surface area (Å²) in [4.78, 5) is 14.5. The van der Waals surface area contributed by atoms with Gasteiger partial charge in [-0.2, -0.15) is 11.8 Å². The van der Waals surface area contributed by atoms with E-state index < -0.39 is 0 Å². The Morgan fingerprint density at radius 3 is 2.95 bits per heavy atom. The van der Waals surface area contributed by atoms with Crippen molar-refractivity contribution in [3.63, 3.8) is 0 Å². The molecule has 1 aromatic heterocycles. The lowest BCUT2D eigenvalue weighted by molar-refractivity contribution is -0.0129. The van der Waals surface area contributed by atoms with E-state index in [1.807, 2.05) is 11.8 Å². The fraction of sp³-hybridized carbons (Fsp3) is 0.643. The Hall–Kier alpha value is -0.980. The van der Waals surface area contributed by atoms with Crippen LogP contribution in [0.4, 0.5) is 0 Å². The Morgan fingerprint density at radius 2 is 2.30 bits per heavy atom. The number of carbonyl (C=O) groups excluding carboxylic acids is 1. The molecule has 0 radical (unpaired) electrons. The molecule has 5 nitrogen and oxygen atoms in total. The molecule has 2 aliphatic heterocycles. The van der Waals surface area contributed by atoms with Gasteiger partial charge in [-0.15, -0.1) is 0 Å². The Bertz CT molecular complexity index is 437. The van der Waals surface area contributed by atoms with Crippen molar-refractivity contribution in [2.24, 2.45) is 0 Å². The summed E-state index contributed by atoms with van der Waals surface area (Å²) in [6.45, 7) is 4.17. The van der Waals surface area contributed by atoms with Gasteiger partial charge in [0, 0.05) is 30.9 Å². The Balaban J connectivity index is 1.63. The van der Waals surface area contributed by atoms with Gasteiger partial charge < -0.3 is 14.5 Å². The number of carbonyl (C=O) groups is 1.